The number of rotatable bonds is 5. The number of hydrogen-bond acceptors (Lipinski definition) is 2. The zero-order valence-electron chi connectivity index (χ0n) is 12.1. The molecule has 100 valence electrons. The van der Waals surface area contributed by atoms with E-state index in [9.17, 15) is 0 Å². The van der Waals surface area contributed by atoms with Gasteiger partial charge in [-0.2, -0.15) is 0 Å². The lowest BCUT2D eigenvalue weighted by molar-refractivity contribution is 0.0958. The molecule has 2 rings (SSSR count). The molecule has 2 atom stereocenters. The van der Waals surface area contributed by atoms with Crippen LogP contribution >= 0.6 is 0 Å². The van der Waals surface area contributed by atoms with E-state index in [4.69, 9.17) is 0 Å². The van der Waals surface area contributed by atoms with Crippen LogP contribution in [-0.4, -0.2) is 37.1 Å². The molecule has 2 unspecified atom stereocenters. The Kier molecular flexibility index (Phi) is 4.14. The average molecular weight is 238 g/mol. The summed E-state index contributed by atoms with van der Waals surface area (Å²) < 4.78 is 0. The summed E-state index contributed by atoms with van der Waals surface area (Å²) in [6.45, 7) is 14.7. The van der Waals surface area contributed by atoms with Crippen molar-refractivity contribution < 1.29 is 0 Å². The lowest BCUT2D eigenvalue weighted by Crippen LogP contribution is -2.46. The molecule has 1 saturated carbocycles. The van der Waals surface area contributed by atoms with Gasteiger partial charge >= 0.3 is 0 Å². The summed E-state index contributed by atoms with van der Waals surface area (Å²) in [7, 11) is 0. The van der Waals surface area contributed by atoms with Crippen LogP contribution < -0.4 is 5.32 Å². The minimum atomic E-state index is 0.420. The largest absolute Gasteiger partial charge is 0.313 e. The molecule has 0 amide bonds. The minimum Gasteiger partial charge on any atom is -0.313 e. The van der Waals surface area contributed by atoms with E-state index >= 15 is 0 Å². The lowest BCUT2D eigenvalue weighted by Gasteiger charge is -2.39. The summed E-state index contributed by atoms with van der Waals surface area (Å²) in [6, 6.07) is 0.842. The smallest absolute Gasteiger partial charge is 0.00684 e. The van der Waals surface area contributed by atoms with Crippen molar-refractivity contribution >= 4 is 0 Å². The van der Waals surface area contributed by atoms with Gasteiger partial charge in [-0.15, -0.1) is 0 Å². The first-order valence-electron chi connectivity index (χ1n) is 7.42. The molecule has 0 bridgehead atoms. The van der Waals surface area contributed by atoms with Crippen molar-refractivity contribution in [3.8, 4) is 0 Å². The summed E-state index contributed by atoms with van der Waals surface area (Å²) in [5.74, 6) is 1.79. The first-order chi connectivity index (χ1) is 7.96. The minimum absolute atomic E-state index is 0.420. The molecular weight excluding hydrogens is 208 g/mol. The zero-order valence-corrected chi connectivity index (χ0v) is 12.1. The maximum Gasteiger partial charge on any atom is 0.00684 e. The van der Waals surface area contributed by atoms with Gasteiger partial charge in [0.15, 0.2) is 0 Å². The molecule has 1 aliphatic heterocycles. The molecule has 0 aromatic heterocycles. The van der Waals surface area contributed by atoms with Crippen molar-refractivity contribution in [1.29, 1.82) is 0 Å². The van der Waals surface area contributed by atoms with Gasteiger partial charge in [-0.05, 0) is 43.1 Å². The van der Waals surface area contributed by atoms with Gasteiger partial charge in [0.05, 0.1) is 0 Å². The fraction of sp³-hybridized carbons (Fsp3) is 1.00. The van der Waals surface area contributed by atoms with Crippen LogP contribution in [0.25, 0.3) is 0 Å². The van der Waals surface area contributed by atoms with Crippen molar-refractivity contribution in [1.82, 2.24) is 10.2 Å². The molecule has 0 radical (unpaired) electrons. The standard InChI is InChI=1S/C15H30N2/c1-12-7-8-17(9-13(12)2)11-15(3,4)10-16-14-5-6-14/h12-14,16H,5-11H2,1-4H3. The first-order valence-corrected chi connectivity index (χ1v) is 7.42. The van der Waals surface area contributed by atoms with Gasteiger partial charge in [0.2, 0.25) is 0 Å². The van der Waals surface area contributed by atoms with Crippen molar-refractivity contribution in [2.45, 2.75) is 53.0 Å². The Morgan fingerprint density at radius 1 is 1.12 bits per heavy atom. The number of hydrogen-bond donors (Lipinski definition) is 1. The molecule has 2 aliphatic rings. The van der Waals surface area contributed by atoms with E-state index in [1.165, 1.54) is 45.4 Å². The molecule has 1 N–H and O–H groups in total. The van der Waals surface area contributed by atoms with Crippen molar-refractivity contribution in [2.75, 3.05) is 26.2 Å². The normalized spacial score (nSPS) is 31.8. The van der Waals surface area contributed by atoms with E-state index in [1.54, 1.807) is 0 Å². The van der Waals surface area contributed by atoms with Crippen LogP contribution in [0.5, 0.6) is 0 Å². The lowest BCUT2D eigenvalue weighted by atomic mass is 9.86. The van der Waals surface area contributed by atoms with Crippen molar-refractivity contribution in [2.24, 2.45) is 17.3 Å². The van der Waals surface area contributed by atoms with Gasteiger partial charge in [0.25, 0.3) is 0 Å². The van der Waals surface area contributed by atoms with Crippen LogP contribution in [0.2, 0.25) is 0 Å². The molecule has 1 saturated heterocycles. The molecule has 0 aromatic carbocycles. The van der Waals surface area contributed by atoms with Crippen molar-refractivity contribution in [3.05, 3.63) is 0 Å². The van der Waals surface area contributed by atoms with E-state index in [0.29, 0.717) is 5.41 Å². The average Bonchev–Trinajstić information content (AvgIpc) is 3.04. The molecule has 2 fully saturated rings. The Morgan fingerprint density at radius 3 is 2.41 bits per heavy atom. The number of piperidine rings is 1. The van der Waals surface area contributed by atoms with Crippen LogP contribution in [0.15, 0.2) is 0 Å². The number of nitrogens with zero attached hydrogens (tertiary/aromatic N) is 1. The summed E-state index contributed by atoms with van der Waals surface area (Å²) in [5.41, 5.74) is 0.420. The van der Waals surface area contributed by atoms with E-state index in [0.717, 1.165) is 17.9 Å². The topological polar surface area (TPSA) is 15.3 Å². The Labute approximate surface area is 107 Å². The second-order valence-electron chi connectivity index (χ2n) is 7.30. The third-order valence-electron chi connectivity index (χ3n) is 4.52. The molecule has 2 heteroatoms. The molecule has 1 heterocycles. The number of likely N-dealkylation sites (tertiary alicyclic amines) is 1. The van der Waals surface area contributed by atoms with E-state index in [1.807, 2.05) is 0 Å². The summed E-state index contributed by atoms with van der Waals surface area (Å²) in [6.07, 6.45) is 4.18. The fourth-order valence-corrected chi connectivity index (χ4v) is 2.86. The molecule has 1 aliphatic carbocycles. The molecule has 17 heavy (non-hydrogen) atoms. The monoisotopic (exact) mass is 238 g/mol. The third kappa shape index (κ3) is 4.26. The predicted molar refractivity (Wildman–Crippen MR) is 74.2 cm³/mol. The summed E-state index contributed by atoms with van der Waals surface area (Å²) >= 11 is 0. The van der Waals surface area contributed by atoms with Crippen LogP contribution in [0.3, 0.4) is 0 Å². The summed E-state index contributed by atoms with van der Waals surface area (Å²) in [5, 5.41) is 3.68. The van der Waals surface area contributed by atoms with E-state index < -0.39 is 0 Å². The highest BCUT2D eigenvalue weighted by molar-refractivity contribution is 4.86. The van der Waals surface area contributed by atoms with Gasteiger partial charge in [0.1, 0.15) is 0 Å². The predicted octanol–water partition coefficient (Wildman–Crippen LogP) is 2.74. The molecule has 0 spiro atoms. The second kappa shape index (κ2) is 5.27. The van der Waals surface area contributed by atoms with Crippen LogP contribution in [0, 0.1) is 17.3 Å². The highest BCUT2D eigenvalue weighted by Gasteiger charge is 2.29. The maximum atomic E-state index is 3.68. The zero-order chi connectivity index (χ0) is 12.5. The van der Waals surface area contributed by atoms with Crippen LogP contribution in [0.1, 0.15) is 47.0 Å². The Bertz CT molecular complexity index is 245. The van der Waals surface area contributed by atoms with E-state index in [-0.39, 0.29) is 0 Å². The second-order valence-corrected chi connectivity index (χ2v) is 7.30. The van der Waals surface area contributed by atoms with E-state index in [2.05, 4.69) is 37.9 Å². The Balaban J connectivity index is 1.74. The van der Waals surface area contributed by atoms with Gasteiger partial charge in [-0.1, -0.05) is 27.7 Å². The first kappa shape index (κ1) is 13.4. The quantitative estimate of drug-likeness (QED) is 0.792. The number of nitrogens with one attached hydrogen (secondary N) is 1. The highest BCUT2D eigenvalue weighted by atomic mass is 15.1. The van der Waals surface area contributed by atoms with Crippen LogP contribution in [-0.2, 0) is 0 Å². The Hall–Kier alpha value is -0.0800. The van der Waals surface area contributed by atoms with Gasteiger partial charge < -0.3 is 10.2 Å². The fourth-order valence-electron chi connectivity index (χ4n) is 2.86. The van der Waals surface area contributed by atoms with Crippen LogP contribution in [0.4, 0.5) is 0 Å². The molecule has 0 aromatic rings. The van der Waals surface area contributed by atoms with Gasteiger partial charge in [-0.3, -0.25) is 0 Å². The van der Waals surface area contributed by atoms with Crippen molar-refractivity contribution in [3.63, 3.8) is 0 Å². The summed E-state index contributed by atoms with van der Waals surface area (Å²) in [4.78, 5) is 2.68. The maximum absolute atomic E-state index is 3.68. The SMILES string of the molecule is CC1CCN(CC(C)(C)CNC2CC2)CC1C. The molecule has 2 nitrogen and oxygen atoms in total. The molecular formula is C15H30N2. The van der Waals surface area contributed by atoms with Gasteiger partial charge in [-0.25, -0.2) is 0 Å². The Morgan fingerprint density at radius 2 is 1.82 bits per heavy atom. The third-order valence-corrected chi connectivity index (χ3v) is 4.52. The van der Waals surface area contributed by atoms with Gasteiger partial charge in [0, 0.05) is 25.7 Å². The highest BCUT2D eigenvalue weighted by Crippen LogP contribution is 2.26.